The van der Waals surface area contributed by atoms with Crippen LogP contribution in [0.25, 0.3) is 0 Å². The summed E-state index contributed by atoms with van der Waals surface area (Å²) in [5, 5.41) is 5.32. The Kier molecular flexibility index (Phi) is 5.85. The molecule has 1 atom stereocenters. The molecule has 21 heavy (non-hydrogen) atoms. The summed E-state index contributed by atoms with van der Waals surface area (Å²) in [6.45, 7) is 5.67. The maximum absolute atomic E-state index is 5.98. The van der Waals surface area contributed by atoms with E-state index in [4.69, 9.17) is 17.3 Å². The molecule has 0 aliphatic heterocycles. The molecule has 3 nitrogen and oxygen atoms in total. The largest absolute Gasteiger partial charge is 0.330 e. The first-order valence-electron chi connectivity index (χ1n) is 7.21. The zero-order valence-corrected chi connectivity index (χ0v) is 14.8. The Morgan fingerprint density at radius 3 is 2.52 bits per heavy atom. The predicted molar refractivity (Wildman–Crippen MR) is 91.7 cm³/mol. The number of hydrogen-bond donors (Lipinski definition) is 1. The van der Waals surface area contributed by atoms with Gasteiger partial charge in [-0.15, -0.1) is 0 Å². The highest BCUT2D eigenvalue weighted by Gasteiger charge is 2.17. The summed E-state index contributed by atoms with van der Waals surface area (Å²) in [7, 11) is 0. The minimum absolute atomic E-state index is 0.392. The van der Waals surface area contributed by atoms with Gasteiger partial charge in [0.05, 0.1) is 15.9 Å². The van der Waals surface area contributed by atoms with Gasteiger partial charge in [0.1, 0.15) is 0 Å². The fourth-order valence-electron chi connectivity index (χ4n) is 2.53. The van der Waals surface area contributed by atoms with Crippen LogP contribution >= 0.6 is 27.5 Å². The monoisotopic (exact) mass is 369 g/mol. The highest BCUT2D eigenvalue weighted by molar-refractivity contribution is 9.10. The number of nitrogens with two attached hydrogens (primary N) is 1. The molecule has 114 valence electrons. The zero-order chi connectivity index (χ0) is 15.4. The lowest BCUT2D eigenvalue weighted by Gasteiger charge is -2.16. The third kappa shape index (κ3) is 4.09. The Balaban J connectivity index is 2.14. The van der Waals surface area contributed by atoms with Crippen LogP contribution in [-0.2, 0) is 19.4 Å². The van der Waals surface area contributed by atoms with Crippen molar-refractivity contribution in [1.29, 1.82) is 0 Å². The number of aromatic nitrogens is 2. The third-order valence-electron chi connectivity index (χ3n) is 3.71. The molecule has 0 aliphatic carbocycles. The molecule has 5 heteroatoms. The lowest BCUT2D eigenvalue weighted by molar-refractivity contribution is 0.498. The van der Waals surface area contributed by atoms with E-state index >= 15 is 0 Å². The second-order valence-electron chi connectivity index (χ2n) is 5.30. The highest BCUT2D eigenvalue weighted by Crippen LogP contribution is 2.25. The first kappa shape index (κ1) is 16.5. The second kappa shape index (κ2) is 7.43. The number of benzene rings is 1. The summed E-state index contributed by atoms with van der Waals surface area (Å²) in [5.41, 5.74) is 9.52. The SMILES string of the molecule is CCn1nc(C)c(Br)c1CC(CN)Cc1ccc(Cl)cc1. The summed E-state index contributed by atoms with van der Waals surface area (Å²) in [4.78, 5) is 0. The molecule has 0 aliphatic rings. The Labute approximate surface area is 139 Å². The quantitative estimate of drug-likeness (QED) is 0.835. The van der Waals surface area contributed by atoms with Crippen LogP contribution in [-0.4, -0.2) is 16.3 Å². The second-order valence-corrected chi connectivity index (χ2v) is 6.53. The van der Waals surface area contributed by atoms with E-state index in [1.54, 1.807) is 0 Å². The molecule has 2 rings (SSSR count). The van der Waals surface area contributed by atoms with Gasteiger partial charge in [0.15, 0.2) is 0 Å². The number of rotatable bonds is 6. The molecular weight excluding hydrogens is 350 g/mol. The molecular formula is C16H21BrClN3. The van der Waals surface area contributed by atoms with Crippen molar-refractivity contribution in [2.45, 2.75) is 33.2 Å². The normalized spacial score (nSPS) is 12.6. The lowest BCUT2D eigenvalue weighted by Crippen LogP contribution is -2.21. The van der Waals surface area contributed by atoms with E-state index in [1.807, 2.05) is 19.1 Å². The summed E-state index contributed by atoms with van der Waals surface area (Å²) in [6, 6.07) is 8.01. The molecule has 0 radical (unpaired) electrons. The maximum Gasteiger partial charge on any atom is 0.0738 e. The number of halogens is 2. The lowest BCUT2D eigenvalue weighted by atomic mass is 9.94. The van der Waals surface area contributed by atoms with Crippen molar-refractivity contribution < 1.29 is 0 Å². The molecule has 1 unspecified atom stereocenters. The van der Waals surface area contributed by atoms with Crippen LogP contribution in [0.5, 0.6) is 0 Å². The van der Waals surface area contributed by atoms with Gasteiger partial charge < -0.3 is 5.73 Å². The molecule has 0 fully saturated rings. The molecule has 0 bridgehead atoms. The summed E-state index contributed by atoms with van der Waals surface area (Å²) >= 11 is 9.59. The van der Waals surface area contributed by atoms with E-state index in [1.165, 1.54) is 11.3 Å². The van der Waals surface area contributed by atoms with Crippen molar-refractivity contribution in [3.8, 4) is 0 Å². The molecule has 0 saturated carbocycles. The van der Waals surface area contributed by atoms with Crippen molar-refractivity contribution in [2.24, 2.45) is 11.7 Å². The van der Waals surface area contributed by atoms with E-state index in [-0.39, 0.29) is 0 Å². The molecule has 1 heterocycles. The van der Waals surface area contributed by atoms with Gasteiger partial charge in [-0.3, -0.25) is 4.68 Å². The Morgan fingerprint density at radius 2 is 1.95 bits per heavy atom. The Hall–Kier alpha value is -0.840. The number of aryl methyl sites for hydroxylation is 2. The van der Waals surface area contributed by atoms with Crippen LogP contribution in [0.15, 0.2) is 28.7 Å². The summed E-state index contributed by atoms with van der Waals surface area (Å²) in [5.74, 6) is 0.392. The third-order valence-corrected chi connectivity index (χ3v) is 4.99. The standard InChI is InChI=1S/C16H21BrClN3/c1-3-21-15(16(17)11(2)20-21)9-13(10-19)8-12-4-6-14(18)7-5-12/h4-7,13H,3,8-10,19H2,1-2H3. The molecule has 2 N–H and O–H groups in total. The van der Waals surface area contributed by atoms with E-state index in [0.717, 1.165) is 34.6 Å². The first-order chi connectivity index (χ1) is 10.0. The predicted octanol–water partition coefficient (Wildman–Crippen LogP) is 3.99. The van der Waals surface area contributed by atoms with Crippen LogP contribution in [0, 0.1) is 12.8 Å². The van der Waals surface area contributed by atoms with E-state index in [2.05, 4.69) is 44.8 Å². The highest BCUT2D eigenvalue weighted by atomic mass is 79.9. The fourth-order valence-corrected chi connectivity index (χ4v) is 3.10. The fraction of sp³-hybridized carbons (Fsp3) is 0.438. The first-order valence-corrected chi connectivity index (χ1v) is 8.38. The molecule has 1 aromatic carbocycles. The van der Waals surface area contributed by atoms with Crippen molar-refractivity contribution in [3.63, 3.8) is 0 Å². The summed E-state index contributed by atoms with van der Waals surface area (Å²) < 4.78 is 3.17. The van der Waals surface area contributed by atoms with Crippen LogP contribution in [0.4, 0.5) is 0 Å². The van der Waals surface area contributed by atoms with Crippen molar-refractivity contribution >= 4 is 27.5 Å². The van der Waals surface area contributed by atoms with Gasteiger partial charge in [0.2, 0.25) is 0 Å². The maximum atomic E-state index is 5.98. The van der Waals surface area contributed by atoms with Crippen molar-refractivity contribution in [1.82, 2.24) is 9.78 Å². The van der Waals surface area contributed by atoms with Crippen LogP contribution in [0.1, 0.15) is 23.9 Å². The van der Waals surface area contributed by atoms with Gasteiger partial charge in [-0.25, -0.2) is 0 Å². The minimum atomic E-state index is 0.392. The van der Waals surface area contributed by atoms with Gasteiger partial charge in [-0.1, -0.05) is 23.7 Å². The van der Waals surface area contributed by atoms with Crippen molar-refractivity contribution in [2.75, 3.05) is 6.54 Å². The minimum Gasteiger partial charge on any atom is -0.330 e. The van der Waals surface area contributed by atoms with E-state index in [9.17, 15) is 0 Å². The molecule has 0 saturated heterocycles. The molecule has 2 aromatic rings. The van der Waals surface area contributed by atoms with Gasteiger partial charge >= 0.3 is 0 Å². The van der Waals surface area contributed by atoms with E-state index in [0.29, 0.717) is 12.5 Å². The molecule has 0 spiro atoms. The topological polar surface area (TPSA) is 43.8 Å². The molecule has 0 amide bonds. The average molecular weight is 371 g/mol. The van der Waals surface area contributed by atoms with Gasteiger partial charge in [-0.05, 0) is 72.8 Å². The zero-order valence-electron chi connectivity index (χ0n) is 12.4. The Morgan fingerprint density at radius 1 is 1.29 bits per heavy atom. The average Bonchev–Trinajstić information content (AvgIpc) is 2.76. The Bertz CT molecular complexity index is 592. The van der Waals surface area contributed by atoms with Gasteiger partial charge in [-0.2, -0.15) is 5.10 Å². The van der Waals surface area contributed by atoms with Crippen molar-refractivity contribution in [3.05, 3.63) is 50.7 Å². The van der Waals surface area contributed by atoms with Gasteiger partial charge in [0.25, 0.3) is 0 Å². The van der Waals surface area contributed by atoms with E-state index < -0.39 is 0 Å². The van der Waals surface area contributed by atoms with Crippen LogP contribution in [0.3, 0.4) is 0 Å². The van der Waals surface area contributed by atoms with Crippen LogP contribution < -0.4 is 5.73 Å². The molecule has 1 aromatic heterocycles. The smallest absolute Gasteiger partial charge is 0.0738 e. The number of nitrogens with zero attached hydrogens (tertiary/aromatic N) is 2. The summed E-state index contributed by atoms with van der Waals surface area (Å²) in [6.07, 6.45) is 1.88. The van der Waals surface area contributed by atoms with Crippen LogP contribution in [0.2, 0.25) is 5.02 Å². The van der Waals surface area contributed by atoms with Gasteiger partial charge in [0, 0.05) is 11.6 Å². The number of hydrogen-bond acceptors (Lipinski definition) is 2.